The molecule has 1 saturated carbocycles. The van der Waals surface area contributed by atoms with Gasteiger partial charge in [-0.3, -0.25) is 56.8 Å². The summed E-state index contributed by atoms with van der Waals surface area (Å²) in [4.78, 5) is 48.8. The second-order valence-electron chi connectivity index (χ2n) is 8.68. The number of hydrogen-bond donors (Lipinski definition) is 8. The molecule has 0 aromatic carbocycles. The summed E-state index contributed by atoms with van der Waals surface area (Å²) in [7, 11) is 3.84. The second-order valence-corrected chi connectivity index (χ2v) is 13.2. The average Bonchev–Trinajstić information content (AvgIpc) is 1.08. The van der Waals surface area contributed by atoms with Crippen LogP contribution in [0, 0.1) is 54.4 Å². The molecule has 1 aliphatic rings. The number of thiol groups is 14. The van der Waals surface area contributed by atoms with Crippen molar-refractivity contribution in [3.8, 4) is 10.8 Å². The molecule has 0 saturated heterocycles. The Kier molecular flexibility index (Phi) is 1370. The monoisotopic (exact) mass is 3510 g/mol. The fourth-order valence-corrected chi connectivity index (χ4v) is 1.80. The number of carboxylic acids is 5. The predicted molar refractivity (Wildman–Crippen MR) is 476 cm³/mol. The molecule has 0 aromatic rings. The van der Waals surface area contributed by atoms with E-state index in [0.29, 0.717) is 279 Å². The van der Waals surface area contributed by atoms with Crippen LogP contribution in [0.4, 0.5) is 13.2 Å². The van der Waals surface area contributed by atoms with E-state index < -0.39 is 97.9 Å². The van der Waals surface area contributed by atoms with Gasteiger partial charge in [-0.25, -0.2) is 10.5 Å². The summed E-state index contributed by atoms with van der Waals surface area (Å²) in [5, 5.41) is 81.8. The van der Waals surface area contributed by atoms with Gasteiger partial charge in [0.15, 0.2) is 0 Å². The van der Waals surface area contributed by atoms with Crippen LogP contribution in [0.5, 0.6) is 0 Å². The van der Waals surface area contributed by atoms with Gasteiger partial charge in [-0.15, -0.1) is 0 Å². The van der Waals surface area contributed by atoms with Gasteiger partial charge in [-0.2, -0.15) is 11.5 Å². The number of alkyl halides is 3. The van der Waals surface area contributed by atoms with Crippen LogP contribution in [0.15, 0.2) is 0 Å². The maximum absolute atomic E-state index is 9.80. The predicted octanol–water partition coefficient (Wildman–Crippen LogP) is -5.87. The number of nitrogens with one attached hydrogen (secondary N) is 3. The largest absolute Gasteiger partial charge is 1.00 e. The molecule has 32 nitrogen and oxygen atoms in total. The van der Waals surface area contributed by atoms with Gasteiger partial charge in [0.1, 0.15) is 0 Å². The summed E-state index contributed by atoms with van der Waals surface area (Å²) in [6.45, 7) is 8.50. The average molecular weight is 3480 g/mol. The third-order valence-electron chi connectivity index (χ3n) is 4.36. The molecule has 707 valence electrons. The molecule has 11 N–H and O–H groups in total. The molecule has 1 fully saturated rings. The van der Waals surface area contributed by atoms with Crippen molar-refractivity contribution in [2.45, 2.75) is 76.3 Å². The molecule has 0 amide bonds. The SMILES string of the molecule is C1CCCC1.CC(O)C([NH-])C(=O)O.CC(O)C([NH-])C(=O)O.CF.CF.CF.N#C[S-].N#C[S-].[2H][Mo]([2H])([2H])=[O].[CH2-]C(CO)C(=O)O.[CH2-]C(C[S-])C(=O)O.[CH3-].[H-].[NH-]C(C[S-])C(=O)O.[Na+].[Na][Na].[Na][Na].[O]=[Mo+4].[O]=[Mo+4].[O]=[Mo+4].[O]=[Mo].[O]=[Mo].[O]=[Mo].[O]=[Mo].[O]=[Mo].[O]=[Mo].[O]=[Mo].[O]=[Mo].[O]=[Mo].[O]=[Mo].[S-]SS[S-].[S-][S-].[S-][S-].[S-][S-].[S-][S-].[S-][S-].[SH-].[SH-].[SH-].[SH-].[SH-].[SH-].[SH-].[SH-].[SH-].[SH-].[SH-].[SH-].[SH-].[SH-]. The van der Waals surface area contributed by atoms with E-state index >= 15 is 0 Å². The number of aliphatic hydroxyl groups is 3. The standard InChI is InChI=1S/C5H10.2C4H8NO3.C4H7O3.C4H7O2S.C3H6NO2S.3CH3F.2CHNS.CH3.14Mo.5Na.14O.H2S4.5S2.14H2S.4H/c1-2-4-5-3-1;2*1-2(6)3(5)4(7)8;1-3(2-5)4(6)7;1-3(2-7)4(5)6;4-2(1-7)3(5)6;3*1-2;2*2-1-3;;;;;;;;;;;;;;;;;;;;;;;;;;;;;;;;;;;1-3-4-2;5*1-2;;;;;;;;;;;;;;;;;;/h1-5H2;2*2-3,5-6H,1H3,(H,7,8);3,5H,1-2H2,(H,6,7);3,7H,1-2H2,(H,5,6);2,4,7H,1H2,(H,5,6);3*1H3;2*3H;1H3;;;;;;;;;;;;;;;;;;;;;;;;;;;;;;;;;;1-2H;;;;;;14*1H2;;;;/q;5*-1;;;;;;-1;;;;;;;;;;;;3*+4;;;;;+1;;;;;;;;;;;;;;;;5*-2;;;;;;;;;;;;;;;;;;-1/p-20/i;;;;;;;;;;;;;;;;;;;;;;;;;;;;;;;;;;;;;;;;;;;;;;;;;;;;;;;;;;;;;;;;;3*1+1;. The second kappa shape index (κ2) is 529. The van der Waals surface area contributed by atoms with Crippen LogP contribution in [0.25, 0.3) is 17.2 Å². The van der Waals surface area contributed by atoms with Crippen LogP contribution >= 0.6 is 19.7 Å². The van der Waals surface area contributed by atoms with Crippen LogP contribution in [0.2, 0.25) is 0 Å². The van der Waals surface area contributed by atoms with Crippen molar-refractivity contribution < 1.29 is 433 Å². The minimum Gasteiger partial charge on any atom is -1.00 e. The van der Waals surface area contributed by atoms with Crippen LogP contribution in [0.3, 0.4) is 0 Å². The topological polar surface area (TPSA) is 605 Å². The van der Waals surface area contributed by atoms with E-state index in [1.54, 1.807) is 0 Å². The van der Waals surface area contributed by atoms with Crippen molar-refractivity contribution in [3.63, 3.8) is 0 Å². The number of halogens is 3. The Hall–Kier alpha value is 18.7. The maximum atomic E-state index is 9.80. The van der Waals surface area contributed by atoms with Gasteiger partial charge in [-0.05, 0) is 31.8 Å². The summed E-state index contributed by atoms with van der Waals surface area (Å²) in [6.07, 6.45) is 5.32. The Bertz CT molecular complexity index is 1360. The molecule has 1 rings (SSSR count). The number of nitriles is 2. The number of carboxylic acid groups (broad SMARTS) is 5. The Morgan fingerprint density at radius 3 is 0.569 bits per heavy atom. The van der Waals surface area contributed by atoms with Crippen molar-refractivity contribution in [3.05, 3.63) is 38.5 Å². The maximum Gasteiger partial charge on any atom is -0.291 e. The number of carbonyl (C=O) groups is 5. The van der Waals surface area contributed by atoms with Crippen LogP contribution in [-0.4, -0.2) is 230 Å². The molecule has 7 atom stereocenters. The van der Waals surface area contributed by atoms with Crippen LogP contribution in [0.1, 0.15) is 47.4 Å². The van der Waals surface area contributed by atoms with Gasteiger partial charge in [0.2, 0.25) is 0 Å². The van der Waals surface area contributed by atoms with Gasteiger partial charge in [-0.1, -0.05) is 54.9 Å². The summed E-state index contributed by atoms with van der Waals surface area (Å²) in [6, 6.07) is -3.93. The first-order chi connectivity index (χ1) is 48.9. The summed E-state index contributed by atoms with van der Waals surface area (Å²) < 4.78 is 163. The van der Waals surface area contributed by atoms with Crippen LogP contribution in [-0.2, 0) is 727 Å². The quantitative estimate of drug-likeness (QED) is 0.0238. The van der Waals surface area contributed by atoms with E-state index in [9.17, 15) is 40.5 Å². The fourth-order valence-electron chi connectivity index (χ4n) is 1.52. The smallest absolute Gasteiger partial charge is 0.291 e. The minimum atomic E-state index is -4.52. The molecule has 0 spiro atoms. The van der Waals surface area contributed by atoms with E-state index in [1.807, 2.05) is 0 Å². The number of rotatable bonds is 11. The molecule has 0 bridgehead atoms. The normalized spacial score (nSPS) is 7.83. The van der Waals surface area contributed by atoms with Gasteiger partial charge in [0.25, 0.3) is 29.8 Å². The summed E-state index contributed by atoms with van der Waals surface area (Å²) >= 11 is 71.8. The molecular formula is C30H74F3Mo14N5Na5O27S32-24. The Labute approximate surface area is 1110 Å². The molecule has 0 radical (unpaired) electrons. The third-order valence-corrected chi connectivity index (χ3v) is 7.32. The van der Waals surface area contributed by atoms with E-state index in [0.717, 1.165) is 0 Å². The van der Waals surface area contributed by atoms with Crippen LogP contribution < -0.4 is 29.6 Å². The zero-order valence-electron chi connectivity index (χ0n) is 63.8. The van der Waals surface area contributed by atoms with E-state index in [4.69, 9.17) is 115 Å². The fraction of sp³-hybridized carbons (Fsp3) is 0.667. The van der Waals surface area contributed by atoms with Crippen molar-refractivity contribution in [2.24, 2.45) is 11.8 Å². The molecule has 1 aliphatic carbocycles. The first kappa shape index (κ1) is 299. The Morgan fingerprint density at radius 1 is 0.448 bits per heavy atom. The molecule has 86 heteroatoms. The molecule has 0 heterocycles. The number of thiocyanates is 2. The van der Waals surface area contributed by atoms with E-state index in [2.05, 4.69) is 204 Å². The van der Waals surface area contributed by atoms with Crippen molar-refractivity contribution in [1.29, 1.82) is 12.8 Å². The number of hydrogen-bond acceptors (Lipinski definition) is 56. The van der Waals surface area contributed by atoms with Crippen molar-refractivity contribution in [1.82, 2.24) is 0 Å². The number of nitrogens with zero attached hydrogens (tertiary/aromatic N) is 2. The molecule has 116 heavy (non-hydrogen) atoms. The number of aliphatic carboxylic acids is 5. The molecule has 0 aliphatic heterocycles. The van der Waals surface area contributed by atoms with E-state index in [1.165, 1.54) is 164 Å². The van der Waals surface area contributed by atoms with Crippen molar-refractivity contribution >= 4 is 516 Å². The summed E-state index contributed by atoms with van der Waals surface area (Å²) in [5.41, 5.74) is 19.8. The summed E-state index contributed by atoms with van der Waals surface area (Å²) in [5.74, 6) is -7.05. The Balaban J connectivity index is -0.00000000933. The first-order valence-corrected chi connectivity index (χ1v) is 60.0. The molecular weight excluding hydrogens is 3400 g/mol. The minimum absolute atomic E-state index is 0. The van der Waals surface area contributed by atoms with Gasteiger partial charge < -0.3 is 460 Å². The zero-order chi connectivity index (χ0) is 93.9. The third kappa shape index (κ3) is 668. The molecule has 7 unspecified atom stereocenters. The van der Waals surface area contributed by atoms with E-state index in [-0.39, 0.29) is 239 Å². The first-order valence-electron chi connectivity index (χ1n) is 21.1. The zero-order valence-corrected chi connectivity index (χ0v) is 125. The molecule has 0 aromatic heterocycles. The van der Waals surface area contributed by atoms with Gasteiger partial charge in [0.05, 0.1) is 21.5 Å². The Morgan fingerprint density at radius 2 is 0.560 bits per heavy atom. The number of aliphatic hydroxyl groups excluding tert-OH is 3. The van der Waals surface area contributed by atoms with Gasteiger partial charge >= 0.3 is 443 Å². The van der Waals surface area contributed by atoms with Gasteiger partial charge in [0, 0.05) is 18.8 Å². The van der Waals surface area contributed by atoms with Crippen molar-refractivity contribution in [2.75, 3.05) is 39.6 Å².